The van der Waals surface area contributed by atoms with E-state index in [0.717, 1.165) is 16.4 Å². The Hall–Kier alpha value is -0.910. The van der Waals surface area contributed by atoms with Crippen LogP contribution in [-0.4, -0.2) is 12.6 Å². The lowest BCUT2D eigenvalue weighted by Crippen LogP contribution is -2.12. The summed E-state index contributed by atoms with van der Waals surface area (Å²) in [6.07, 6.45) is 0.198. The summed E-state index contributed by atoms with van der Waals surface area (Å²) in [7, 11) is 0. The maximum atomic E-state index is 14.1. The predicted octanol–water partition coefficient (Wildman–Crippen LogP) is 4.20. The second-order valence-electron chi connectivity index (χ2n) is 3.93. The standard InChI is InChI=1S/C14H16FIO2/c1-3-4-8-18-14(17)10(2)13(15)11-6-5-7-12(16)9-11/h5-7,9,13H,2-4,8H2,1H3. The van der Waals surface area contributed by atoms with E-state index < -0.39 is 12.1 Å². The molecule has 1 aromatic rings. The molecule has 0 aromatic heterocycles. The third-order valence-electron chi connectivity index (χ3n) is 2.44. The molecule has 0 aliphatic carbocycles. The van der Waals surface area contributed by atoms with Gasteiger partial charge in [0.1, 0.15) is 0 Å². The quantitative estimate of drug-likeness (QED) is 0.328. The second-order valence-corrected chi connectivity index (χ2v) is 5.18. The van der Waals surface area contributed by atoms with Crippen LogP contribution in [0.15, 0.2) is 36.4 Å². The van der Waals surface area contributed by atoms with Gasteiger partial charge in [-0.15, -0.1) is 0 Å². The van der Waals surface area contributed by atoms with Crippen molar-refractivity contribution in [3.05, 3.63) is 45.6 Å². The summed E-state index contributed by atoms with van der Waals surface area (Å²) in [5.41, 5.74) is 0.285. The number of carbonyl (C=O) groups is 1. The van der Waals surface area contributed by atoms with Gasteiger partial charge in [-0.05, 0) is 46.7 Å². The van der Waals surface area contributed by atoms with Gasteiger partial charge >= 0.3 is 5.97 Å². The van der Waals surface area contributed by atoms with Crippen molar-refractivity contribution in [3.63, 3.8) is 0 Å². The number of esters is 1. The van der Waals surface area contributed by atoms with Crippen LogP contribution in [0.25, 0.3) is 0 Å². The molecule has 0 aliphatic rings. The molecule has 0 saturated carbocycles. The lowest BCUT2D eigenvalue weighted by molar-refractivity contribution is -0.139. The van der Waals surface area contributed by atoms with Gasteiger partial charge in [-0.25, -0.2) is 9.18 Å². The number of carbonyl (C=O) groups excluding carboxylic acids is 1. The van der Waals surface area contributed by atoms with Crippen LogP contribution < -0.4 is 0 Å². The normalized spacial score (nSPS) is 11.9. The molecule has 0 spiro atoms. The molecule has 0 amide bonds. The van der Waals surface area contributed by atoms with E-state index in [4.69, 9.17) is 4.74 Å². The molecule has 0 aliphatic heterocycles. The number of hydrogen-bond donors (Lipinski definition) is 0. The Kier molecular flexibility index (Phi) is 6.32. The largest absolute Gasteiger partial charge is 0.462 e. The fraction of sp³-hybridized carbons (Fsp3) is 0.357. The summed E-state index contributed by atoms with van der Waals surface area (Å²) < 4.78 is 19.9. The average molecular weight is 362 g/mol. The maximum absolute atomic E-state index is 14.1. The van der Waals surface area contributed by atoms with E-state index in [9.17, 15) is 9.18 Å². The van der Waals surface area contributed by atoms with Gasteiger partial charge in [0.2, 0.25) is 0 Å². The molecular weight excluding hydrogens is 346 g/mol. The first-order chi connectivity index (χ1) is 8.56. The smallest absolute Gasteiger partial charge is 0.336 e. The highest BCUT2D eigenvalue weighted by molar-refractivity contribution is 14.1. The molecule has 0 fully saturated rings. The number of unbranched alkanes of at least 4 members (excludes halogenated alkanes) is 1. The molecule has 1 rings (SSSR count). The third kappa shape index (κ3) is 4.40. The van der Waals surface area contributed by atoms with Gasteiger partial charge in [-0.3, -0.25) is 0 Å². The first-order valence-electron chi connectivity index (χ1n) is 5.81. The molecule has 1 aromatic carbocycles. The van der Waals surface area contributed by atoms with E-state index in [-0.39, 0.29) is 5.57 Å². The molecule has 0 heterocycles. The minimum absolute atomic E-state index is 0.145. The van der Waals surface area contributed by atoms with E-state index in [1.807, 2.05) is 13.0 Å². The predicted molar refractivity (Wildman–Crippen MR) is 78.0 cm³/mol. The first kappa shape index (κ1) is 15.1. The number of rotatable bonds is 6. The van der Waals surface area contributed by atoms with Crippen molar-refractivity contribution in [2.24, 2.45) is 0 Å². The molecule has 0 bridgehead atoms. The minimum atomic E-state index is -1.51. The molecule has 18 heavy (non-hydrogen) atoms. The lowest BCUT2D eigenvalue weighted by atomic mass is 10.0. The Morgan fingerprint density at radius 1 is 1.56 bits per heavy atom. The van der Waals surface area contributed by atoms with Crippen LogP contribution in [0, 0.1) is 3.57 Å². The van der Waals surface area contributed by atoms with Crippen molar-refractivity contribution in [2.75, 3.05) is 6.61 Å². The molecular formula is C14H16FIO2. The molecule has 98 valence electrons. The number of ether oxygens (including phenoxy) is 1. The third-order valence-corrected chi connectivity index (χ3v) is 3.11. The van der Waals surface area contributed by atoms with Crippen LogP contribution in [0.1, 0.15) is 31.5 Å². The van der Waals surface area contributed by atoms with Crippen molar-refractivity contribution < 1.29 is 13.9 Å². The molecule has 0 N–H and O–H groups in total. The summed E-state index contributed by atoms with van der Waals surface area (Å²) in [4.78, 5) is 11.6. The van der Waals surface area contributed by atoms with Crippen LogP contribution >= 0.6 is 22.6 Å². The Morgan fingerprint density at radius 2 is 2.28 bits per heavy atom. The van der Waals surface area contributed by atoms with Gasteiger partial charge < -0.3 is 4.74 Å². The Balaban J connectivity index is 2.63. The number of benzene rings is 1. The molecule has 1 unspecified atom stereocenters. The van der Waals surface area contributed by atoms with Gasteiger partial charge in [0, 0.05) is 3.57 Å². The van der Waals surface area contributed by atoms with Crippen LogP contribution in [0.2, 0.25) is 0 Å². The van der Waals surface area contributed by atoms with Gasteiger partial charge in [-0.1, -0.05) is 32.1 Å². The summed E-state index contributed by atoms with van der Waals surface area (Å²) >= 11 is 2.09. The van der Waals surface area contributed by atoms with Crippen molar-refractivity contribution in [3.8, 4) is 0 Å². The second kappa shape index (κ2) is 7.51. The maximum Gasteiger partial charge on any atom is 0.336 e. The molecule has 2 nitrogen and oxygen atoms in total. The van der Waals surface area contributed by atoms with Crippen LogP contribution in [0.4, 0.5) is 4.39 Å². The van der Waals surface area contributed by atoms with Gasteiger partial charge in [0.25, 0.3) is 0 Å². The zero-order chi connectivity index (χ0) is 13.5. The van der Waals surface area contributed by atoms with E-state index in [0.29, 0.717) is 12.2 Å². The summed E-state index contributed by atoms with van der Waals surface area (Å²) in [6, 6.07) is 6.94. The summed E-state index contributed by atoms with van der Waals surface area (Å²) in [6.45, 7) is 5.79. The van der Waals surface area contributed by atoms with Gasteiger partial charge in [0.05, 0.1) is 12.2 Å². The van der Waals surface area contributed by atoms with Crippen molar-refractivity contribution in [1.29, 1.82) is 0 Å². The fourth-order valence-electron chi connectivity index (χ4n) is 1.37. The molecule has 4 heteroatoms. The summed E-state index contributed by atoms with van der Waals surface area (Å²) in [5, 5.41) is 0. The fourth-order valence-corrected chi connectivity index (χ4v) is 1.94. The van der Waals surface area contributed by atoms with Crippen LogP contribution in [-0.2, 0) is 9.53 Å². The van der Waals surface area contributed by atoms with E-state index in [1.165, 1.54) is 0 Å². The van der Waals surface area contributed by atoms with Gasteiger partial charge in [0.15, 0.2) is 6.17 Å². The first-order valence-corrected chi connectivity index (χ1v) is 6.89. The van der Waals surface area contributed by atoms with Crippen LogP contribution in [0.3, 0.4) is 0 Å². The number of halogens is 2. The van der Waals surface area contributed by atoms with Crippen molar-refractivity contribution >= 4 is 28.6 Å². The molecule has 0 saturated heterocycles. The Labute approximate surface area is 120 Å². The number of alkyl halides is 1. The highest BCUT2D eigenvalue weighted by Crippen LogP contribution is 2.26. The number of hydrogen-bond acceptors (Lipinski definition) is 2. The lowest BCUT2D eigenvalue weighted by Gasteiger charge is -2.11. The summed E-state index contributed by atoms with van der Waals surface area (Å²) in [5.74, 6) is -0.658. The topological polar surface area (TPSA) is 26.3 Å². The van der Waals surface area contributed by atoms with Crippen LogP contribution in [0.5, 0.6) is 0 Å². The van der Waals surface area contributed by atoms with Crippen molar-refractivity contribution in [1.82, 2.24) is 0 Å². The Bertz CT molecular complexity index is 432. The average Bonchev–Trinajstić information content (AvgIpc) is 2.37. The zero-order valence-corrected chi connectivity index (χ0v) is 12.4. The van der Waals surface area contributed by atoms with Crippen molar-refractivity contribution in [2.45, 2.75) is 25.9 Å². The monoisotopic (exact) mass is 362 g/mol. The molecule has 0 radical (unpaired) electrons. The van der Waals surface area contributed by atoms with E-state index in [1.54, 1.807) is 18.2 Å². The van der Waals surface area contributed by atoms with E-state index >= 15 is 0 Å². The minimum Gasteiger partial charge on any atom is -0.462 e. The molecule has 1 atom stereocenters. The highest BCUT2D eigenvalue weighted by atomic mass is 127. The highest BCUT2D eigenvalue weighted by Gasteiger charge is 2.21. The Morgan fingerprint density at radius 3 is 2.89 bits per heavy atom. The zero-order valence-electron chi connectivity index (χ0n) is 10.3. The van der Waals surface area contributed by atoms with Gasteiger partial charge in [-0.2, -0.15) is 0 Å². The SMILES string of the molecule is C=C(C(=O)OCCCC)C(F)c1cccc(I)c1. The van der Waals surface area contributed by atoms with E-state index in [2.05, 4.69) is 29.2 Å².